The predicted molar refractivity (Wildman–Crippen MR) is 110 cm³/mol. The average Bonchev–Trinajstić information content (AvgIpc) is 2.81. The van der Waals surface area contributed by atoms with E-state index in [2.05, 4.69) is 10.3 Å². The highest BCUT2D eigenvalue weighted by molar-refractivity contribution is 5.90. The van der Waals surface area contributed by atoms with Crippen molar-refractivity contribution in [3.63, 3.8) is 0 Å². The molecule has 0 fully saturated rings. The van der Waals surface area contributed by atoms with Gasteiger partial charge in [0.15, 0.2) is 18.1 Å². The largest absolute Gasteiger partial charge is 0.493 e. The zero-order valence-corrected chi connectivity index (χ0v) is 16.5. The summed E-state index contributed by atoms with van der Waals surface area (Å²) in [5.41, 5.74) is 2.17. The zero-order chi connectivity index (χ0) is 21.2. The molecule has 30 heavy (non-hydrogen) atoms. The molecular formula is C23H22N2O5. The third-order valence-electron chi connectivity index (χ3n) is 4.19. The van der Waals surface area contributed by atoms with Crippen LogP contribution in [0.2, 0.25) is 0 Å². The number of hydrogen-bond donors (Lipinski definition) is 1. The molecule has 0 aliphatic rings. The Hall–Kier alpha value is -3.87. The predicted octanol–water partition coefficient (Wildman–Crippen LogP) is 3.14. The van der Waals surface area contributed by atoms with Crippen molar-refractivity contribution in [1.29, 1.82) is 0 Å². The van der Waals surface area contributed by atoms with Crippen molar-refractivity contribution >= 4 is 11.9 Å². The summed E-state index contributed by atoms with van der Waals surface area (Å²) in [5.74, 6) is 0.179. The highest BCUT2D eigenvalue weighted by Gasteiger charge is 2.11. The number of benzene rings is 2. The van der Waals surface area contributed by atoms with Crippen LogP contribution in [0.3, 0.4) is 0 Å². The van der Waals surface area contributed by atoms with Crippen LogP contribution in [-0.4, -0.2) is 30.6 Å². The number of aromatic nitrogens is 1. The third kappa shape index (κ3) is 6.07. The number of nitrogens with zero attached hydrogens (tertiary/aromatic N) is 1. The summed E-state index contributed by atoms with van der Waals surface area (Å²) >= 11 is 0. The second-order valence-electron chi connectivity index (χ2n) is 6.35. The van der Waals surface area contributed by atoms with Crippen LogP contribution in [0.15, 0.2) is 73.1 Å². The van der Waals surface area contributed by atoms with E-state index in [0.717, 1.165) is 11.1 Å². The number of methoxy groups -OCH3 is 1. The lowest BCUT2D eigenvalue weighted by atomic mass is 10.2. The van der Waals surface area contributed by atoms with Crippen LogP contribution in [0.5, 0.6) is 11.5 Å². The molecule has 0 saturated carbocycles. The molecule has 0 aliphatic carbocycles. The molecule has 7 heteroatoms. The minimum atomic E-state index is -0.597. The normalized spacial score (nSPS) is 10.2. The Kier molecular flexibility index (Phi) is 7.38. The molecule has 1 N–H and O–H groups in total. The minimum absolute atomic E-state index is 0.263. The molecule has 0 radical (unpaired) electrons. The van der Waals surface area contributed by atoms with Crippen molar-refractivity contribution in [3.05, 3.63) is 89.7 Å². The fraction of sp³-hybridized carbons (Fsp3) is 0.174. The van der Waals surface area contributed by atoms with E-state index in [9.17, 15) is 9.59 Å². The van der Waals surface area contributed by atoms with Crippen LogP contribution in [0.25, 0.3) is 0 Å². The van der Waals surface area contributed by atoms with Gasteiger partial charge in [0.05, 0.1) is 12.7 Å². The van der Waals surface area contributed by atoms with Crippen molar-refractivity contribution in [2.24, 2.45) is 0 Å². The maximum absolute atomic E-state index is 12.0. The van der Waals surface area contributed by atoms with E-state index in [0.29, 0.717) is 23.7 Å². The van der Waals surface area contributed by atoms with E-state index in [1.54, 1.807) is 37.6 Å². The van der Waals surface area contributed by atoms with Crippen molar-refractivity contribution in [3.8, 4) is 11.5 Å². The summed E-state index contributed by atoms with van der Waals surface area (Å²) in [5, 5.41) is 2.71. The molecule has 0 unspecified atom stereocenters. The van der Waals surface area contributed by atoms with Gasteiger partial charge >= 0.3 is 5.97 Å². The van der Waals surface area contributed by atoms with Gasteiger partial charge in [-0.3, -0.25) is 9.78 Å². The number of carbonyl (C=O) groups excluding carboxylic acids is 2. The van der Waals surface area contributed by atoms with Gasteiger partial charge in [-0.25, -0.2) is 4.79 Å². The lowest BCUT2D eigenvalue weighted by Gasteiger charge is -2.13. The summed E-state index contributed by atoms with van der Waals surface area (Å²) in [6.07, 6.45) is 2.93. The lowest BCUT2D eigenvalue weighted by Crippen LogP contribution is -2.28. The Morgan fingerprint density at radius 2 is 1.80 bits per heavy atom. The van der Waals surface area contributed by atoms with Gasteiger partial charge < -0.3 is 19.5 Å². The number of ether oxygens (including phenoxy) is 3. The molecule has 0 bridgehead atoms. The molecule has 3 aromatic rings. The van der Waals surface area contributed by atoms with Crippen LogP contribution >= 0.6 is 0 Å². The van der Waals surface area contributed by atoms with Crippen molar-refractivity contribution in [2.45, 2.75) is 13.2 Å². The van der Waals surface area contributed by atoms with Gasteiger partial charge in [0.2, 0.25) is 0 Å². The Morgan fingerprint density at radius 1 is 0.967 bits per heavy atom. The fourth-order valence-electron chi connectivity index (χ4n) is 2.63. The molecule has 1 amide bonds. The Balaban J connectivity index is 1.49. The number of esters is 1. The topological polar surface area (TPSA) is 86.8 Å². The molecule has 0 saturated heterocycles. The Morgan fingerprint density at radius 3 is 2.53 bits per heavy atom. The van der Waals surface area contributed by atoms with Gasteiger partial charge in [0.25, 0.3) is 5.91 Å². The van der Waals surface area contributed by atoms with Crippen LogP contribution in [0.4, 0.5) is 0 Å². The van der Waals surface area contributed by atoms with Gasteiger partial charge in [0.1, 0.15) is 6.61 Å². The van der Waals surface area contributed by atoms with Gasteiger partial charge in [0, 0.05) is 18.9 Å². The standard InChI is InChI=1S/C23H22N2O5/c1-28-21-12-18(9-10-20(21)29-15-17-6-3-2-4-7-17)13-25-22(26)16-30-23(27)19-8-5-11-24-14-19/h2-12,14H,13,15-16H2,1H3,(H,25,26). The first-order valence-electron chi connectivity index (χ1n) is 9.33. The summed E-state index contributed by atoms with van der Waals surface area (Å²) in [7, 11) is 1.56. The molecule has 2 aromatic carbocycles. The van der Waals surface area contributed by atoms with E-state index in [1.165, 1.54) is 6.20 Å². The van der Waals surface area contributed by atoms with Crippen LogP contribution in [0.1, 0.15) is 21.5 Å². The maximum atomic E-state index is 12.0. The van der Waals surface area contributed by atoms with Crippen molar-refractivity contribution in [1.82, 2.24) is 10.3 Å². The van der Waals surface area contributed by atoms with E-state index >= 15 is 0 Å². The first-order chi connectivity index (χ1) is 14.7. The number of amides is 1. The van der Waals surface area contributed by atoms with Crippen LogP contribution < -0.4 is 14.8 Å². The van der Waals surface area contributed by atoms with Gasteiger partial charge in [-0.1, -0.05) is 36.4 Å². The average molecular weight is 406 g/mol. The van der Waals surface area contributed by atoms with E-state index in [-0.39, 0.29) is 13.2 Å². The summed E-state index contributed by atoms with van der Waals surface area (Å²) in [4.78, 5) is 27.6. The molecular weight excluding hydrogens is 384 g/mol. The van der Waals surface area contributed by atoms with Crippen LogP contribution in [0, 0.1) is 0 Å². The second kappa shape index (κ2) is 10.6. The first kappa shape index (κ1) is 20.9. The minimum Gasteiger partial charge on any atom is -0.493 e. The van der Waals surface area contributed by atoms with Gasteiger partial charge in [-0.2, -0.15) is 0 Å². The number of carbonyl (C=O) groups is 2. The monoisotopic (exact) mass is 406 g/mol. The highest BCUT2D eigenvalue weighted by atomic mass is 16.5. The molecule has 154 valence electrons. The number of pyridine rings is 1. The first-order valence-corrected chi connectivity index (χ1v) is 9.33. The van der Waals surface area contributed by atoms with Crippen LogP contribution in [-0.2, 0) is 22.7 Å². The lowest BCUT2D eigenvalue weighted by molar-refractivity contribution is -0.124. The molecule has 0 aliphatic heterocycles. The summed E-state index contributed by atoms with van der Waals surface area (Å²) in [6.45, 7) is 0.317. The SMILES string of the molecule is COc1cc(CNC(=O)COC(=O)c2cccnc2)ccc1OCc1ccccc1. The molecule has 7 nitrogen and oxygen atoms in total. The van der Waals surface area contributed by atoms with E-state index in [1.807, 2.05) is 36.4 Å². The Bertz CT molecular complexity index is 977. The molecule has 0 spiro atoms. The third-order valence-corrected chi connectivity index (χ3v) is 4.19. The number of rotatable bonds is 9. The number of nitrogens with one attached hydrogen (secondary N) is 1. The maximum Gasteiger partial charge on any atom is 0.340 e. The molecule has 3 rings (SSSR count). The zero-order valence-electron chi connectivity index (χ0n) is 16.5. The van der Waals surface area contributed by atoms with Crippen molar-refractivity contribution < 1.29 is 23.8 Å². The Labute approximate surface area is 174 Å². The van der Waals surface area contributed by atoms with E-state index in [4.69, 9.17) is 14.2 Å². The van der Waals surface area contributed by atoms with E-state index < -0.39 is 11.9 Å². The molecule has 0 atom stereocenters. The second-order valence-corrected chi connectivity index (χ2v) is 6.35. The number of hydrogen-bond acceptors (Lipinski definition) is 6. The fourth-order valence-corrected chi connectivity index (χ4v) is 2.63. The molecule has 1 heterocycles. The quantitative estimate of drug-likeness (QED) is 0.550. The summed E-state index contributed by atoms with van der Waals surface area (Å²) < 4.78 is 16.2. The van der Waals surface area contributed by atoms with Crippen molar-refractivity contribution in [2.75, 3.05) is 13.7 Å². The summed E-state index contributed by atoms with van der Waals surface area (Å²) in [6, 6.07) is 18.4. The highest BCUT2D eigenvalue weighted by Crippen LogP contribution is 2.28. The molecule has 1 aromatic heterocycles. The smallest absolute Gasteiger partial charge is 0.340 e. The van der Waals surface area contributed by atoms with Gasteiger partial charge in [-0.05, 0) is 35.4 Å². The van der Waals surface area contributed by atoms with Gasteiger partial charge in [-0.15, -0.1) is 0 Å².